The van der Waals surface area contributed by atoms with Crippen molar-refractivity contribution >= 4 is 11.0 Å². The molecule has 0 aliphatic rings. The van der Waals surface area contributed by atoms with Gasteiger partial charge < -0.3 is 19.7 Å². The van der Waals surface area contributed by atoms with Gasteiger partial charge in [0.2, 0.25) is 11.2 Å². The van der Waals surface area contributed by atoms with E-state index in [0.717, 1.165) is 0 Å². The topological polar surface area (TPSA) is 90.9 Å². The maximum Gasteiger partial charge on any atom is 0.238 e. The predicted octanol–water partition coefficient (Wildman–Crippen LogP) is 1.00. The third kappa shape index (κ3) is 1.42. The van der Waals surface area contributed by atoms with Gasteiger partial charge in [0.05, 0.1) is 6.61 Å². The highest BCUT2D eigenvalue weighted by atomic mass is 16.4. The van der Waals surface area contributed by atoms with Gasteiger partial charge in [0.25, 0.3) is 0 Å². The van der Waals surface area contributed by atoms with Crippen LogP contribution in [0.4, 0.5) is 0 Å². The summed E-state index contributed by atoms with van der Waals surface area (Å²) in [6.07, 6.45) is 0. The average molecular weight is 222 g/mol. The maximum atomic E-state index is 11.6. The summed E-state index contributed by atoms with van der Waals surface area (Å²) in [5, 5.41) is 27.8. The highest BCUT2D eigenvalue weighted by Crippen LogP contribution is 2.27. The van der Waals surface area contributed by atoms with Gasteiger partial charge in [0.15, 0.2) is 0 Å². The molecule has 0 unspecified atom stereocenters. The lowest BCUT2D eigenvalue weighted by atomic mass is 10.1. The fourth-order valence-corrected chi connectivity index (χ4v) is 1.55. The fraction of sp³-hybridized carbons (Fsp3) is 0.182. The molecular weight excluding hydrogens is 212 g/mol. The molecule has 3 N–H and O–H groups in total. The number of phenols is 1. The molecule has 1 heterocycles. The molecule has 0 saturated heterocycles. The van der Waals surface area contributed by atoms with E-state index in [4.69, 9.17) is 9.52 Å². The quantitative estimate of drug-likeness (QED) is 0.669. The second kappa shape index (κ2) is 3.53. The number of benzene rings is 1. The van der Waals surface area contributed by atoms with Crippen LogP contribution >= 0.6 is 0 Å². The van der Waals surface area contributed by atoms with Crippen LogP contribution in [-0.2, 0) is 6.61 Å². The maximum absolute atomic E-state index is 11.6. The molecule has 0 aliphatic carbocycles. The Morgan fingerprint density at radius 2 is 2.00 bits per heavy atom. The minimum absolute atomic E-state index is 0.0759. The van der Waals surface area contributed by atoms with E-state index in [-0.39, 0.29) is 29.1 Å². The Hall–Kier alpha value is -2.01. The van der Waals surface area contributed by atoms with Crippen LogP contribution in [0.2, 0.25) is 0 Å². The lowest BCUT2D eigenvalue weighted by molar-refractivity contribution is 0.281. The molecule has 16 heavy (non-hydrogen) atoms. The van der Waals surface area contributed by atoms with Crippen LogP contribution in [0.1, 0.15) is 11.3 Å². The van der Waals surface area contributed by atoms with E-state index < -0.39 is 11.2 Å². The van der Waals surface area contributed by atoms with Gasteiger partial charge in [-0.05, 0) is 24.6 Å². The van der Waals surface area contributed by atoms with Crippen molar-refractivity contribution < 1.29 is 19.7 Å². The number of rotatable bonds is 1. The second-order valence-corrected chi connectivity index (χ2v) is 3.48. The summed E-state index contributed by atoms with van der Waals surface area (Å²) in [7, 11) is 0. The van der Waals surface area contributed by atoms with Crippen LogP contribution in [0, 0.1) is 6.92 Å². The van der Waals surface area contributed by atoms with Gasteiger partial charge in [-0.1, -0.05) is 0 Å². The van der Waals surface area contributed by atoms with Crippen LogP contribution in [0.25, 0.3) is 11.0 Å². The van der Waals surface area contributed by atoms with Crippen LogP contribution < -0.4 is 5.43 Å². The van der Waals surface area contributed by atoms with Crippen LogP contribution in [-0.4, -0.2) is 15.3 Å². The van der Waals surface area contributed by atoms with Crippen molar-refractivity contribution in [2.75, 3.05) is 0 Å². The molecule has 2 aromatic rings. The second-order valence-electron chi connectivity index (χ2n) is 3.48. The highest BCUT2D eigenvalue weighted by Gasteiger charge is 2.14. The van der Waals surface area contributed by atoms with Gasteiger partial charge in [0, 0.05) is 0 Å². The van der Waals surface area contributed by atoms with E-state index in [1.807, 2.05) is 0 Å². The van der Waals surface area contributed by atoms with Gasteiger partial charge in [-0.3, -0.25) is 4.79 Å². The molecule has 0 spiro atoms. The SMILES string of the molecule is Cc1oc2cc(CO)cc(O)c2c(=O)c1O. The number of phenolic OH excluding ortho intramolecular Hbond substituents is 1. The summed E-state index contributed by atoms with van der Waals surface area (Å²) in [6.45, 7) is 1.17. The van der Waals surface area contributed by atoms with Crippen molar-refractivity contribution in [3.8, 4) is 11.5 Å². The lowest BCUT2D eigenvalue weighted by Crippen LogP contribution is -2.03. The third-order valence-corrected chi connectivity index (χ3v) is 2.36. The highest BCUT2D eigenvalue weighted by molar-refractivity contribution is 5.85. The Morgan fingerprint density at radius 1 is 1.31 bits per heavy atom. The van der Waals surface area contributed by atoms with Gasteiger partial charge in [-0.25, -0.2) is 0 Å². The van der Waals surface area contributed by atoms with Gasteiger partial charge in [-0.2, -0.15) is 0 Å². The molecular formula is C11H10O5. The number of hydrogen-bond acceptors (Lipinski definition) is 5. The zero-order chi connectivity index (χ0) is 11.9. The van der Waals surface area contributed by atoms with Gasteiger partial charge in [0.1, 0.15) is 22.5 Å². The molecule has 1 aromatic heterocycles. The van der Waals surface area contributed by atoms with Crippen LogP contribution in [0.3, 0.4) is 0 Å². The Kier molecular flexibility index (Phi) is 2.32. The van der Waals surface area contributed by atoms with E-state index in [0.29, 0.717) is 5.56 Å². The first kappa shape index (κ1) is 10.5. The van der Waals surface area contributed by atoms with Crippen molar-refractivity contribution in [3.63, 3.8) is 0 Å². The van der Waals surface area contributed by atoms with Crippen molar-refractivity contribution in [1.29, 1.82) is 0 Å². The average Bonchev–Trinajstić information content (AvgIpc) is 2.25. The Balaban J connectivity index is 2.96. The Labute approximate surface area is 90.2 Å². The molecule has 0 radical (unpaired) electrons. The van der Waals surface area contributed by atoms with Crippen molar-refractivity contribution in [2.24, 2.45) is 0 Å². The summed E-state index contributed by atoms with van der Waals surface area (Å²) < 4.78 is 5.18. The predicted molar refractivity (Wildman–Crippen MR) is 56.5 cm³/mol. The van der Waals surface area contributed by atoms with Crippen molar-refractivity contribution in [3.05, 3.63) is 33.7 Å². The first-order chi connectivity index (χ1) is 7.54. The molecule has 84 valence electrons. The summed E-state index contributed by atoms with van der Waals surface area (Å²) in [5.41, 5.74) is -0.108. The van der Waals surface area contributed by atoms with Crippen molar-refractivity contribution in [2.45, 2.75) is 13.5 Å². The summed E-state index contributed by atoms with van der Waals surface area (Å²) in [4.78, 5) is 11.6. The number of aryl methyl sites for hydroxylation is 1. The van der Waals surface area contributed by atoms with Crippen LogP contribution in [0.15, 0.2) is 21.3 Å². The van der Waals surface area contributed by atoms with E-state index in [1.165, 1.54) is 19.1 Å². The van der Waals surface area contributed by atoms with E-state index in [2.05, 4.69) is 0 Å². The standard InChI is InChI=1S/C11H10O5/c1-5-10(14)11(15)9-7(13)2-6(4-12)3-8(9)16-5/h2-3,12-14H,4H2,1H3. The number of aromatic hydroxyl groups is 2. The largest absolute Gasteiger partial charge is 0.507 e. The summed E-state index contributed by atoms with van der Waals surface area (Å²) in [6, 6.07) is 2.71. The van der Waals surface area contributed by atoms with Gasteiger partial charge in [-0.15, -0.1) is 0 Å². The first-order valence-electron chi connectivity index (χ1n) is 4.63. The molecule has 0 fully saturated rings. The summed E-state index contributed by atoms with van der Waals surface area (Å²) in [5.74, 6) is -0.753. The number of aliphatic hydroxyl groups is 1. The monoisotopic (exact) mass is 222 g/mol. The minimum atomic E-state index is -0.680. The number of hydrogen-bond donors (Lipinski definition) is 3. The lowest BCUT2D eigenvalue weighted by Gasteiger charge is -2.05. The van der Waals surface area contributed by atoms with E-state index >= 15 is 0 Å². The molecule has 0 saturated carbocycles. The normalized spacial score (nSPS) is 10.9. The number of fused-ring (bicyclic) bond motifs is 1. The molecule has 5 nitrogen and oxygen atoms in total. The fourth-order valence-electron chi connectivity index (χ4n) is 1.55. The smallest absolute Gasteiger partial charge is 0.238 e. The van der Waals surface area contributed by atoms with E-state index in [1.54, 1.807) is 0 Å². The molecule has 5 heteroatoms. The van der Waals surface area contributed by atoms with E-state index in [9.17, 15) is 15.0 Å². The van der Waals surface area contributed by atoms with Crippen molar-refractivity contribution in [1.82, 2.24) is 0 Å². The molecule has 0 bridgehead atoms. The molecule has 0 aliphatic heterocycles. The zero-order valence-corrected chi connectivity index (χ0v) is 8.52. The minimum Gasteiger partial charge on any atom is -0.507 e. The number of aliphatic hydroxyl groups excluding tert-OH is 1. The summed E-state index contributed by atoms with van der Waals surface area (Å²) >= 11 is 0. The first-order valence-corrected chi connectivity index (χ1v) is 4.63. The van der Waals surface area contributed by atoms with Crippen LogP contribution in [0.5, 0.6) is 11.5 Å². The molecule has 0 atom stereocenters. The molecule has 0 amide bonds. The zero-order valence-electron chi connectivity index (χ0n) is 8.52. The third-order valence-electron chi connectivity index (χ3n) is 2.36. The molecule has 1 aromatic carbocycles. The van der Waals surface area contributed by atoms with Gasteiger partial charge >= 0.3 is 0 Å². The Bertz CT molecular complexity index is 612. The Morgan fingerprint density at radius 3 is 2.62 bits per heavy atom. The molecule has 2 rings (SSSR count).